The topological polar surface area (TPSA) is 92.5 Å². The molecule has 6 nitrogen and oxygen atoms in total. The highest BCUT2D eigenvalue weighted by molar-refractivity contribution is 5.95. The summed E-state index contributed by atoms with van der Waals surface area (Å²) in [6, 6.07) is 12.0. The number of carbonyl (C=O) groups is 1. The molecule has 0 saturated heterocycles. The summed E-state index contributed by atoms with van der Waals surface area (Å²) in [4.78, 5) is 22.0. The molecule has 0 aliphatic carbocycles. The van der Waals surface area contributed by atoms with Crippen molar-refractivity contribution >= 4 is 17.2 Å². The molecule has 2 rings (SSSR count). The van der Waals surface area contributed by atoms with Crippen molar-refractivity contribution in [2.45, 2.75) is 20.0 Å². The van der Waals surface area contributed by atoms with Crippen LogP contribution >= 0.6 is 0 Å². The molecular weight excluding hydrogens is 296 g/mol. The van der Waals surface area contributed by atoms with Gasteiger partial charge in [-0.25, -0.2) is 0 Å². The number of anilines is 1. The molecule has 120 valence electrons. The highest BCUT2D eigenvalue weighted by atomic mass is 16.6. The van der Waals surface area contributed by atoms with Crippen LogP contribution in [0.2, 0.25) is 0 Å². The highest BCUT2D eigenvalue weighted by Gasteiger charge is 2.15. The van der Waals surface area contributed by atoms with Crippen molar-refractivity contribution < 1.29 is 14.8 Å². The molecule has 0 unspecified atom stereocenters. The second-order valence-electron chi connectivity index (χ2n) is 5.20. The SMILES string of the molecule is CC(=O)c1ccc(NCCc2ccc(CO)cc2)c([N+](=O)[O-])c1. The molecule has 0 aliphatic rings. The zero-order valence-corrected chi connectivity index (χ0v) is 12.8. The number of hydrogen-bond donors (Lipinski definition) is 2. The van der Waals surface area contributed by atoms with Crippen molar-refractivity contribution in [1.29, 1.82) is 0 Å². The van der Waals surface area contributed by atoms with Crippen molar-refractivity contribution in [3.63, 3.8) is 0 Å². The van der Waals surface area contributed by atoms with Crippen molar-refractivity contribution in [1.82, 2.24) is 0 Å². The van der Waals surface area contributed by atoms with Crippen molar-refractivity contribution in [2.75, 3.05) is 11.9 Å². The lowest BCUT2D eigenvalue weighted by atomic mass is 10.1. The molecule has 0 spiro atoms. The van der Waals surface area contributed by atoms with Gasteiger partial charge in [-0.05, 0) is 36.6 Å². The van der Waals surface area contributed by atoms with Crippen LogP contribution in [0.5, 0.6) is 0 Å². The van der Waals surface area contributed by atoms with Gasteiger partial charge in [-0.2, -0.15) is 0 Å². The fourth-order valence-electron chi connectivity index (χ4n) is 2.20. The van der Waals surface area contributed by atoms with Gasteiger partial charge in [0.2, 0.25) is 0 Å². The Morgan fingerprint density at radius 1 is 1.17 bits per heavy atom. The van der Waals surface area contributed by atoms with E-state index in [1.54, 1.807) is 12.1 Å². The van der Waals surface area contributed by atoms with Crippen LogP contribution in [0.1, 0.15) is 28.4 Å². The summed E-state index contributed by atoms with van der Waals surface area (Å²) in [6.07, 6.45) is 0.692. The number of nitrogens with zero attached hydrogens (tertiary/aromatic N) is 1. The number of Topliss-reactive ketones (excluding diaryl/α,β-unsaturated/α-hetero) is 1. The minimum atomic E-state index is -0.495. The van der Waals surface area contributed by atoms with Gasteiger partial charge in [0.1, 0.15) is 5.69 Å². The number of aliphatic hydroxyl groups is 1. The molecule has 23 heavy (non-hydrogen) atoms. The van der Waals surface area contributed by atoms with Gasteiger partial charge in [-0.1, -0.05) is 24.3 Å². The summed E-state index contributed by atoms with van der Waals surface area (Å²) < 4.78 is 0. The number of aliphatic hydroxyl groups excluding tert-OH is 1. The third kappa shape index (κ3) is 4.37. The smallest absolute Gasteiger partial charge is 0.293 e. The minimum absolute atomic E-state index is 0.00716. The fourth-order valence-corrected chi connectivity index (χ4v) is 2.20. The summed E-state index contributed by atoms with van der Waals surface area (Å²) in [5.41, 5.74) is 2.53. The van der Waals surface area contributed by atoms with Gasteiger partial charge in [-0.3, -0.25) is 14.9 Å². The fraction of sp³-hybridized carbons (Fsp3) is 0.235. The summed E-state index contributed by atoms with van der Waals surface area (Å²) in [5.74, 6) is -0.205. The van der Waals surface area contributed by atoms with Gasteiger partial charge >= 0.3 is 0 Å². The van der Waals surface area contributed by atoms with E-state index in [4.69, 9.17) is 5.11 Å². The lowest BCUT2D eigenvalue weighted by Crippen LogP contribution is -2.08. The maximum Gasteiger partial charge on any atom is 0.293 e. The second kappa shape index (κ2) is 7.51. The maximum absolute atomic E-state index is 11.3. The molecule has 0 amide bonds. The van der Waals surface area contributed by atoms with E-state index in [1.807, 2.05) is 24.3 Å². The lowest BCUT2D eigenvalue weighted by Gasteiger charge is -2.08. The first kappa shape index (κ1) is 16.6. The average molecular weight is 314 g/mol. The van der Waals surface area contributed by atoms with E-state index in [-0.39, 0.29) is 18.1 Å². The monoisotopic (exact) mass is 314 g/mol. The van der Waals surface area contributed by atoms with Crippen LogP contribution in [-0.4, -0.2) is 22.4 Å². The number of hydrogen-bond acceptors (Lipinski definition) is 5. The Kier molecular flexibility index (Phi) is 5.43. The summed E-state index contributed by atoms with van der Waals surface area (Å²) >= 11 is 0. The molecule has 0 atom stereocenters. The second-order valence-corrected chi connectivity index (χ2v) is 5.20. The molecule has 0 radical (unpaired) electrons. The molecule has 2 aromatic carbocycles. The molecule has 0 aromatic heterocycles. The van der Waals surface area contributed by atoms with Gasteiger partial charge in [0.25, 0.3) is 5.69 Å². The van der Waals surface area contributed by atoms with Crippen molar-refractivity contribution in [2.24, 2.45) is 0 Å². The summed E-state index contributed by atoms with van der Waals surface area (Å²) in [6.45, 7) is 1.91. The highest BCUT2D eigenvalue weighted by Crippen LogP contribution is 2.25. The zero-order chi connectivity index (χ0) is 16.8. The van der Waals surface area contributed by atoms with Gasteiger partial charge in [0.15, 0.2) is 5.78 Å². The molecule has 2 N–H and O–H groups in total. The van der Waals surface area contributed by atoms with Crippen LogP contribution in [0, 0.1) is 10.1 Å². The number of rotatable bonds is 7. The van der Waals surface area contributed by atoms with E-state index in [0.717, 1.165) is 11.1 Å². The Hall–Kier alpha value is -2.73. The first-order chi connectivity index (χ1) is 11.0. The maximum atomic E-state index is 11.3. The number of nitrogens with one attached hydrogen (secondary N) is 1. The molecule has 0 heterocycles. The van der Waals surface area contributed by atoms with Crippen molar-refractivity contribution in [3.8, 4) is 0 Å². The van der Waals surface area contributed by atoms with Crippen molar-refractivity contribution in [3.05, 3.63) is 69.3 Å². The predicted molar refractivity (Wildman–Crippen MR) is 87.7 cm³/mol. The Labute approximate surface area is 133 Å². The van der Waals surface area contributed by atoms with E-state index in [9.17, 15) is 14.9 Å². The third-order valence-corrected chi connectivity index (χ3v) is 3.54. The molecule has 6 heteroatoms. The van der Waals surface area contributed by atoms with Gasteiger partial charge < -0.3 is 10.4 Å². The van der Waals surface area contributed by atoms with E-state index < -0.39 is 4.92 Å². The summed E-state index contributed by atoms with van der Waals surface area (Å²) in [7, 11) is 0. The van der Waals surface area contributed by atoms with E-state index in [1.165, 1.54) is 13.0 Å². The van der Waals surface area contributed by atoms with Gasteiger partial charge in [0, 0.05) is 18.2 Å². The average Bonchev–Trinajstić information content (AvgIpc) is 2.55. The Morgan fingerprint density at radius 3 is 2.39 bits per heavy atom. The van der Waals surface area contributed by atoms with Crippen LogP contribution < -0.4 is 5.32 Å². The van der Waals surface area contributed by atoms with Crippen LogP contribution in [0.4, 0.5) is 11.4 Å². The van der Waals surface area contributed by atoms with Crippen LogP contribution in [0.15, 0.2) is 42.5 Å². The van der Waals surface area contributed by atoms with Gasteiger partial charge in [0.05, 0.1) is 11.5 Å². The predicted octanol–water partition coefficient (Wildman–Crippen LogP) is 2.94. The molecule has 2 aromatic rings. The van der Waals surface area contributed by atoms with Gasteiger partial charge in [-0.15, -0.1) is 0 Å². The number of carbonyl (C=O) groups excluding carboxylic acids is 1. The number of ketones is 1. The molecular formula is C17H18N2O4. The standard InChI is InChI=1S/C17H18N2O4/c1-12(21)15-6-7-16(17(10-15)19(22)23)18-9-8-13-2-4-14(11-20)5-3-13/h2-7,10,18,20H,8-9,11H2,1H3. The first-order valence-corrected chi connectivity index (χ1v) is 7.23. The van der Waals surface area contributed by atoms with Crippen LogP contribution in [-0.2, 0) is 13.0 Å². The van der Waals surface area contributed by atoms with E-state index in [0.29, 0.717) is 24.2 Å². The number of benzene rings is 2. The van der Waals surface area contributed by atoms with Crippen LogP contribution in [0.3, 0.4) is 0 Å². The first-order valence-electron chi connectivity index (χ1n) is 7.23. The molecule has 0 fully saturated rings. The Morgan fingerprint density at radius 2 is 1.83 bits per heavy atom. The third-order valence-electron chi connectivity index (χ3n) is 3.54. The molecule has 0 aliphatic heterocycles. The lowest BCUT2D eigenvalue weighted by molar-refractivity contribution is -0.384. The molecule has 0 saturated carbocycles. The summed E-state index contributed by atoms with van der Waals surface area (Å²) in [5, 5.41) is 23.2. The van der Waals surface area contributed by atoms with Crippen LogP contribution in [0.25, 0.3) is 0 Å². The Bertz CT molecular complexity index is 711. The quantitative estimate of drug-likeness (QED) is 0.465. The minimum Gasteiger partial charge on any atom is -0.392 e. The molecule has 0 bridgehead atoms. The van der Waals surface area contributed by atoms with E-state index in [2.05, 4.69) is 5.32 Å². The number of nitro benzene ring substituents is 1. The largest absolute Gasteiger partial charge is 0.392 e. The normalized spacial score (nSPS) is 10.3. The van der Waals surface area contributed by atoms with E-state index >= 15 is 0 Å². The Balaban J connectivity index is 2.04. The number of nitro groups is 1. The zero-order valence-electron chi connectivity index (χ0n) is 12.8.